The van der Waals surface area contributed by atoms with E-state index in [0.29, 0.717) is 42.6 Å². The Bertz CT molecular complexity index is 931. The number of rotatable bonds is 4. The molecule has 1 aliphatic rings. The van der Waals surface area contributed by atoms with Crippen LogP contribution in [0.4, 0.5) is 21.5 Å². The number of nitrogens with zero attached hydrogens (tertiary/aromatic N) is 3. The van der Waals surface area contributed by atoms with Gasteiger partial charge in [-0.05, 0) is 42.5 Å². The SMILES string of the molecule is N#C/C(=C/N1CCN(c2ccc(F)cc2)CC1)C(=O)Nc1ccc(N)c(Cl)c1. The number of anilines is 3. The minimum absolute atomic E-state index is 0.00294. The second-order valence-electron chi connectivity index (χ2n) is 6.34. The number of nitrogen functional groups attached to an aromatic ring is 1. The van der Waals surface area contributed by atoms with E-state index in [1.165, 1.54) is 18.2 Å². The summed E-state index contributed by atoms with van der Waals surface area (Å²) in [5.74, 6) is -0.776. The molecular weight excluding hydrogens is 381 g/mol. The van der Waals surface area contributed by atoms with E-state index in [9.17, 15) is 14.4 Å². The monoisotopic (exact) mass is 399 g/mol. The standard InChI is InChI=1S/C20H19ClFN5O/c21-18-11-16(3-6-19(18)24)25-20(28)14(12-23)13-26-7-9-27(10-8-26)17-4-1-15(22)2-5-17/h1-6,11,13H,7-10,24H2,(H,25,28)/b14-13-. The van der Waals surface area contributed by atoms with Crippen molar-refractivity contribution in [2.45, 2.75) is 0 Å². The number of amides is 1. The van der Waals surface area contributed by atoms with E-state index in [1.807, 2.05) is 11.0 Å². The van der Waals surface area contributed by atoms with Crippen LogP contribution < -0.4 is 16.0 Å². The summed E-state index contributed by atoms with van der Waals surface area (Å²) in [6, 6.07) is 13.0. The lowest BCUT2D eigenvalue weighted by atomic mass is 10.2. The molecule has 1 saturated heterocycles. The summed E-state index contributed by atoms with van der Waals surface area (Å²) in [6.07, 6.45) is 1.57. The lowest BCUT2D eigenvalue weighted by Gasteiger charge is -2.35. The molecular formula is C20H19ClFN5O. The van der Waals surface area contributed by atoms with Crippen LogP contribution in [-0.4, -0.2) is 37.0 Å². The first kappa shape index (κ1) is 19.5. The van der Waals surface area contributed by atoms with Crippen molar-refractivity contribution in [3.8, 4) is 6.07 Å². The van der Waals surface area contributed by atoms with Gasteiger partial charge < -0.3 is 20.9 Å². The number of hydrogen-bond donors (Lipinski definition) is 2. The van der Waals surface area contributed by atoms with E-state index in [4.69, 9.17) is 17.3 Å². The first-order valence-electron chi connectivity index (χ1n) is 8.69. The predicted octanol–water partition coefficient (Wildman–Crippen LogP) is 3.23. The maximum absolute atomic E-state index is 13.1. The van der Waals surface area contributed by atoms with Crippen LogP contribution in [0.25, 0.3) is 0 Å². The van der Waals surface area contributed by atoms with Gasteiger partial charge in [-0.25, -0.2) is 4.39 Å². The summed E-state index contributed by atoms with van der Waals surface area (Å²) in [5, 5.41) is 12.3. The average Bonchev–Trinajstić information content (AvgIpc) is 2.70. The molecule has 3 rings (SSSR count). The van der Waals surface area contributed by atoms with Crippen LogP contribution >= 0.6 is 11.6 Å². The van der Waals surface area contributed by atoms with Crippen LogP contribution in [0.5, 0.6) is 0 Å². The van der Waals surface area contributed by atoms with Crippen molar-refractivity contribution >= 4 is 34.6 Å². The van der Waals surface area contributed by atoms with E-state index in [1.54, 1.807) is 30.5 Å². The Morgan fingerprint density at radius 3 is 2.46 bits per heavy atom. The van der Waals surface area contributed by atoms with Gasteiger partial charge in [-0.1, -0.05) is 11.6 Å². The highest BCUT2D eigenvalue weighted by atomic mass is 35.5. The molecule has 1 amide bonds. The molecule has 6 nitrogen and oxygen atoms in total. The number of carbonyl (C=O) groups is 1. The topological polar surface area (TPSA) is 85.4 Å². The van der Waals surface area contributed by atoms with Gasteiger partial charge in [-0.15, -0.1) is 0 Å². The summed E-state index contributed by atoms with van der Waals surface area (Å²) in [4.78, 5) is 16.4. The fourth-order valence-electron chi connectivity index (χ4n) is 2.89. The van der Waals surface area contributed by atoms with Gasteiger partial charge in [-0.3, -0.25) is 4.79 Å². The Hall–Kier alpha value is -3.24. The number of nitriles is 1. The molecule has 28 heavy (non-hydrogen) atoms. The Balaban J connectivity index is 1.61. The maximum Gasteiger partial charge on any atom is 0.267 e. The number of hydrogen-bond acceptors (Lipinski definition) is 5. The van der Waals surface area contributed by atoms with Crippen LogP contribution in [0.3, 0.4) is 0 Å². The summed E-state index contributed by atoms with van der Waals surface area (Å²) in [7, 11) is 0. The van der Waals surface area contributed by atoms with Crippen molar-refractivity contribution in [2.24, 2.45) is 0 Å². The van der Waals surface area contributed by atoms with Gasteiger partial charge in [0.15, 0.2) is 0 Å². The molecule has 1 aliphatic heterocycles. The third-order valence-corrected chi connectivity index (χ3v) is 4.77. The van der Waals surface area contributed by atoms with Crippen LogP contribution in [-0.2, 0) is 4.79 Å². The van der Waals surface area contributed by atoms with Crippen molar-refractivity contribution in [1.82, 2.24) is 4.90 Å². The Morgan fingerprint density at radius 2 is 1.86 bits per heavy atom. The first-order chi connectivity index (χ1) is 13.5. The molecule has 0 radical (unpaired) electrons. The summed E-state index contributed by atoms with van der Waals surface area (Å²) in [5.41, 5.74) is 7.48. The highest BCUT2D eigenvalue weighted by molar-refractivity contribution is 6.33. The molecule has 3 N–H and O–H groups in total. The molecule has 0 spiro atoms. The van der Waals surface area contributed by atoms with Gasteiger partial charge in [0.2, 0.25) is 0 Å². The van der Waals surface area contributed by atoms with Crippen LogP contribution in [0.2, 0.25) is 5.02 Å². The fraction of sp³-hybridized carbons (Fsp3) is 0.200. The number of halogens is 2. The van der Waals surface area contributed by atoms with Crippen LogP contribution in [0, 0.1) is 17.1 Å². The lowest BCUT2D eigenvalue weighted by molar-refractivity contribution is -0.112. The maximum atomic E-state index is 13.1. The highest BCUT2D eigenvalue weighted by Crippen LogP contribution is 2.23. The van der Waals surface area contributed by atoms with Crippen molar-refractivity contribution in [1.29, 1.82) is 5.26 Å². The molecule has 2 aromatic carbocycles. The van der Waals surface area contributed by atoms with Crippen molar-refractivity contribution in [3.63, 3.8) is 0 Å². The Labute approximate surface area is 167 Å². The number of carbonyl (C=O) groups excluding carboxylic acids is 1. The smallest absolute Gasteiger partial charge is 0.267 e. The predicted molar refractivity (Wildman–Crippen MR) is 108 cm³/mol. The average molecular weight is 400 g/mol. The molecule has 0 bridgehead atoms. The molecule has 2 aromatic rings. The Morgan fingerprint density at radius 1 is 1.18 bits per heavy atom. The number of nitrogens with one attached hydrogen (secondary N) is 1. The van der Waals surface area contributed by atoms with Gasteiger partial charge in [0.1, 0.15) is 17.5 Å². The third-order valence-electron chi connectivity index (χ3n) is 4.44. The van der Waals surface area contributed by atoms with E-state index >= 15 is 0 Å². The normalized spacial score (nSPS) is 14.5. The second-order valence-corrected chi connectivity index (χ2v) is 6.75. The van der Waals surface area contributed by atoms with Crippen molar-refractivity contribution in [3.05, 3.63) is 65.1 Å². The summed E-state index contributed by atoms with van der Waals surface area (Å²) in [6.45, 7) is 2.69. The molecule has 0 aliphatic carbocycles. The molecule has 8 heteroatoms. The van der Waals surface area contributed by atoms with Crippen molar-refractivity contribution < 1.29 is 9.18 Å². The molecule has 0 unspecified atom stereocenters. The zero-order valence-electron chi connectivity index (χ0n) is 15.0. The summed E-state index contributed by atoms with van der Waals surface area (Å²) < 4.78 is 13.1. The first-order valence-corrected chi connectivity index (χ1v) is 9.07. The molecule has 144 valence electrons. The molecule has 1 heterocycles. The van der Waals surface area contributed by atoms with Gasteiger partial charge >= 0.3 is 0 Å². The molecule has 0 saturated carbocycles. The van der Waals surface area contributed by atoms with E-state index < -0.39 is 5.91 Å². The zero-order chi connectivity index (χ0) is 20.1. The quantitative estimate of drug-likeness (QED) is 0.468. The second kappa shape index (κ2) is 8.63. The number of piperazine rings is 1. The fourth-order valence-corrected chi connectivity index (χ4v) is 3.07. The van der Waals surface area contributed by atoms with Gasteiger partial charge in [0.05, 0.1) is 10.7 Å². The van der Waals surface area contributed by atoms with E-state index in [2.05, 4.69) is 10.2 Å². The summed E-state index contributed by atoms with van der Waals surface area (Å²) >= 11 is 5.95. The largest absolute Gasteiger partial charge is 0.398 e. The highest BCUT2D eigenvalue weighted by Gasteiger charge is 2.18. The van der Waals surface area contributed by atoms with E-state index in [0.717, 1.165) is 5.69 Å². The van der Waals surface area contributed by atoms with Gasteiger partial charge in [-0.2, -0.15) is 5.26 Å². The number of benzene rings is 2. The Kier molecular flexibility index (Phi) is 6.02. The third kappa shape index (κ3) is 4.72. The molecule has 0 aromatic heterocycles. The number of nitrogens with two attached hydrogens (primary N) is 1. The molecule has 1 fully saturated rings. The van der Waals surface area contributed by atoms with Gasteiger partial charge in [0.25, 0.3) is 5.91 Å². The van der Waals surface area contributed by atoms with Crippen molar-refractivity contribution in [2.75, 3.05) is 42.1 Å². The lowest BCUT2D eigenvalue weighted by Crippen LogP contribution is -2.44. The van der Waals surface area contributed by atoms with Crippen LogP contribution in [0.15, 0.2) is 54.2 Å². The van der Waals surface area contributed by atoms with Crippen LogP contribution in [0.1, 0.15) is 0 Å². The minimum atomic E-state index is -0.510. The van der Waals surface area contributed by atoms with Gasteiger partial charge in [0, 0.05) is 43.8 Å². The zero-order valence-corrected chi connectivity index (χ0v) is 15.8. The molecule has 0 atom stereocenters. The minimum Gasteiger partial charge on any atom is -0.398 e. The van der Waals surface area contributed by atoms with E-state index in [-0.39, 0.29) is 11.4 Å².